The van der Waals surface area contributed by atoms with E-state index in [4.69, 9.17) is 16.3 Å². The highest BCUT2D eigenvalue weighted by molar-refractivity contribution is 6.17. The third-order valence-electron chi connectivity index (χ3n) is 1.48. The van der Waals surface area contributed by atoms with E-state index in [0.717, 1.165) is 0 Å². The van der Waals surface area contributed by atoms with Crippen LogP contribution in [-0.2, 0) is 5.88 Å². The second-order valence-corrected chi connectivity index (χ2v) is 2.59. The van der Waals surface area contributed by atoms with Crippen molar-refractivity contribution in [1.29, 1.82) is 0 Å². The Labute approximate surface area is 76.1 Å². The normalized spacial score (nSPS) is 9.92. The summed E-state index contributed by atoms with van der Waals surface area (Å²) in [6, 6.07) is 4.69. The summed E-state index contributed by atoms with van der Waals surface area (Å²) in [5.74, 6) is 0.429. The van der Waals surface area contributed by atoms with Gasteiger partial charge >= 0.3 is 0 Å². The molecule has 0 saturated carbocycles. The van der Waals surface area contributed by atoms with Crippen molar-refractivity contribution in [3.05, 3.63) is 29.6 Å². The van der Waals surface area contributed by atoms with Crippen molar-refractivity contribution in [3.63, 3.8) is 0 Å². The first-order valence-electron chi connectivity index (χ1n) is 3.75. The van der Waals surface area contributed by atoms with E-state index in [-0.39, 0.29) is 11.7 Å². The van der Waals surface area contributed by atoms with Crippen LogP contribution in [0.1, 0.15) is 12.5 Å². The minimum atomic E-state index is -0.309. The lowest BCUT2D eigenvalue weighted by atomic mass is 10.2. The summed E-state index contributed by atoms with van der Waals surface area (Å²) >= 11 is 5.48. The zero-order valence-corrected chi connectivity index (χ0v) is 7.57. The summed E-state index contributed by atoms with van der Waals surface area (Å²) in [6.45, 7) is 2.40. The maximum Gasteiger partial charge on any atom is 0.131 e. The molecule has 0 saturated heterocycles. The van der Waals surface area contributed by atoms with Crippen molar-refractivity contribution in [2.45, 2.75) is 12.8 Å². The van der Waals surface area contributed by atoms with E-state index in [0.29, 0.717) is 17.9 Å². The molecule has 66 valence electrons. The average Bonchev–Trinajstić information content (AvgIpc) is 2.05. The summed E-state index contributed by atoms with van der Waals surface area (Å²) in [5.41, 5.74) is 0.500. The predicted molar refractivity (Wildman–Crippen MR) is 47.1 cm³/mol. The number of hydrogen-bond acceptors (Lipinski definition) is 1. The molecule has 0 aliphatic rings. The molecule has 1 aromatic carbocycles. The fourth-order valence-corrected chi connectivity index (χ4v) is 1.11. The third kappa shape index (κ3) is 2.11. The molecular weight excluding hydrogens is 179 g/mol. The van der Waals surface area contributed by atoms with Crippen LogP contribution in [0.15, 0.2) is 18.2 Å². The highest BCUT2D eigenvalue weighted by atomic mass is 35.5. The molecule has 0 aliphatic carbocycles. The molecule has 0 amide bonds. The van der Waals surface area contributed by atoms with E-state index in [1.807, 2.05) is 6.92 Å². The Morgan fingerprint density at radius 1 is 1.50 bits per heavy atom. The van der Waals surface area contributed by atoms with Crippen LogP contribution in [0.3, 0.4) is 0 Å². The zero-order valence-electron chi connectivity index (χ0n) is 6.81. The van der Waals surface area contributed by atoms with Gasteiger partial charge in [-0.05, 0) is 13.0 Å². The smallest absolute Gasteiger partial charge is 0.131 e. The number of ether oxygens (including phenoxy) is 1. The Bertz CT molecular complexity index is 263. The first kappa shape index (κ1) is 9.33. The van der Waals surface area contributed by atoms with E-state index >= 15 is 0 Å². The van der Waals surface area contributed by atoms with E-state index in [1.54, 1.807) is 12.1 Å². The van der Waals surface area contributed by atoms with Crippen molar-refractivity contribution in [2.75, 3.05) is 6.61 Å². The lowest BCUT2D eigenvalue weighted by molar-refractivity contribution is 0.338. The fourth-order valence-electron chi connectivity index (χ4n) is 0.893. The van der Waals surface area contributed by atoms with Crippen molar-refractivity contribution in [1.82, 2.24) is 0 Å². The van der Waals surface area contributed by atoms with Gasteiger partial charge in [-0.1, -0.05) is 6.07 Å². The Kier molecular flexibility index (Phi) is 3.35. The van der Waals surface area contributed by atoms with Crippen LogP contribution in [0.5, 0.6) is 5.75 Å². The Hall–Kier alpha value is -0.760. The summed E-state index contributed by atoms with van der Waals surface area (Å²) in [4.78, 5) is 0. The highest BCUT2D eigenvalue weighted by Gasteiger charge is 2.01. The zero-order chi connectivity index (χ0) is 8.97. The molecule has 0 fully saturated rings. The van der Waals surface area contributed by atoms with E-state index < -0.39 is 0 Å². The lowest BCUT2D eigenvalue weighted by Crippen LogP contribution is -1.93. The van der Waals surface area contributed by atoms with Crippen molar-refractivity contribution in [2.24, 2.45) is 0 Å². The molecular formula is C9H10ClFO. The van der Waals surface area contributed by atoms with Crippen LogP contribution in [0.2, 0.25) is 0 Å². The standard InChI is InChI=1S/C9H10ClFO/c1-2-12-8-4-3-7(6-10)9(11)5-8/h3-5H,2,6H2,1H3. The third-order valence-corrected chi connectivity index (χ3v) is 1.77. The quantitative estimate of drug-likeness (QED) is 0.663. The van der Waals surface area contributed by atoms with Gasteiger partial charge in [0.25, 0.3) is 0 Å². The second-order valence-electron chi connectivity index (χ2n) is 2.32. The highest BCUT2D eigenvalue weighted by Crippen LogP contribution is 2.17. The van der Waals surface area contributed by atoms with Crippen LogP contribution in [0.25, 0.3) is 0 Å². The summed E-state index contributed by atoms with van der Waals surface area (Å²) < 4.78 is 18.1. The van der Waals surface area contributed by atoms with E-state index in [2.05, 4.69) is 0 Å². The molecule has 12 heavy (non-hydrogen) atoms. The average molecular weight is 189 g/mol. The van der Waals surface area contributed by atoms with Crippen LogP contribution in [0.4, 0.5) is 4.39 Å². The van der Waals surface area contributed by atoms with Gasteiger partial charge in [-0.3, -0.25) is 0 Å². The van der Waals surface area contributed by atoms with Gasteiger partial charge in [0.15, 0.2) is 0 Å². The van der Waals surface area contributed by atoms with E-state index in [9.17, 15) is 4.39 Å². The summed E-state index contributed by atoms with van der Waals surface area (Å²) in [6.07, 6.45) is 0. The molecule has 1 nitrogen and oxygen atoms in total. The molecule has 3 heteroatoms. The predicted octanol–water partition coefficient (Wildman–Crippen LogP) is 2.96. The number of halogens is 2. The van der Waals surface area contributed by atoms with Gasteiger partial charge in [-0.2, -0.15) is 0 Å². The van der Waals surface area contributed by atoms with Crippen molar-refractivity contribution in [3.8, 4) is 5.75 Å². The molecule has 0 N–H and O–H groups in total. The molecule has 0 aromatic heterocycles. The molecule has 0 radical (unpaired) electrons. The number of hydrogen-bond donors (Lipinski definition) is 0. The van der Waals surface area contributed by atoms with Crippen molar-refractivity contribution >= 4 is 11.6 Å². The maximum absolute atomic E-state index is 13.0. The molecule has 0 bridgehead atoms. The molecule has 0 heterocycles. The maximum atomic E-state index is 13.0. The first-order valence-corrected chi connectivity index (χ1v) is 4.28. The van der Waals surface area contributed by atoms with Gasteiger partial charge < -0.3 is 4.74 Å². The molecule has 1 aromatic rings. The number of alkyl halides is 1. The van der Waals surface area contributed by atoms with Crippen LogP contribution in [0, 0.1) is 5.82 Å². The lowest BCUT2D eigenvalue weighted by Gasteiger charge is -2.04. The van der Waals surface area contributed by atoms with Gasteiger partial charge in [0.05, 0.1) is 12.5 Å². The van der Waals surface area contributed by atoms with E-state index in [1.165, 1.54) is 6.07 Å². The Morgan fingerprint density at radius 2 is 2.25 bits per heavy atom. The first-order chi connectivity index (χ1) is 5.77. The van der Waals surface area contributed by atoms with Gasteiger partial charge in [-0.25, -0.2) is 4.39 Å². The summed E-state index contributed by atoms with van der Waals surface area (Å²) in [5, 5.41) is 0. The van der Waals surface area contributed by atoms with Crippen LogP contribution in [-0.4, -0.2) is 6.61 Å². The number of benzene rings is 1. The largest absolute Gasteiger partial charge is 0.494 e. The molecule has 0 spiro atoms. The van der Waals surface area contributed by atoms with Crippen LogP contribution >= 0.6 is 11.6 Å². The van der Waals surface area contributed by atoms with Gasteiger partial charge in [-0.15, -0.1) is 11.6 Å². The molecule has 0 atom stereocenters. The second kappa shape index (κ2) is 4.31. The molecule has 1 rings (SSSR count). The fraction of sp³-hybridized carbons (Fsp3) is 0.333. The number of rotatable bonds is 3. The van der Waals surface area contributed by atoms with Gasteiger partial charge in [0.1, 0.15) is 11.6 Å². The molecule has 0 aliphatic heterocycles. The Morgan fingerprint density at radius 3 is 2.75 bits per heavy atom. The molecule has 0 unspecified atom stereocenters. The minimum absolute atomic E-state index is 0.193. The Balaban J connectivity index is 2.86. The van der Waals surface area contributed by atoms with Gasteiger partial charge in [0, 0.05) is 11.6 Å². The monoisotopic (exact) mass is 188 g/mol. The van der Waals surface area contributed by atoms with Crippen molar-refractivity contribution < 1.29 is 9.13 Å². The van der Waals surface area contributed by atoms with Gasteiger partial charge in [0.2, 0.25) is 0 Å². The SMILES string of the molecule is CCOc1ccc(CCl)c(F)c1. The van der Waals surface area contributed by atoms with Crippen LogP contribution < -0.4 is 4.74 Å². The minimum Gasteiger partial charge on any atom is -0.494 e. The summed E-state index contributed by atoms with van der Waals surface area (Å²) in [7, 11) is 0. The topological polar surface area (TPSA) is 9.23 Å².